The Bertz CT molecular complexity index is 1250. The van der Waals surface area contributed by atoms with Crippen LogP contribution in [0.15, 0.2) is 93.4 Å². The Balaban J connectivity index is 1.34. The number of benzene rings is 3. The molecule has 1 aliphatic heterocycles. The van der Waals surface area contributed by atoms with Gasteiger partial charge in [-0.25, -0.2) is 0 Å². The van der Waals surface area contributed by atoms with Gasteiger partial charge in [0.1, 0.15) is 5.75 Å². The first kappa shape index (κ1) is 21.6. The Morgan fingerprint density at radius 3 is 2.61 bits per heavy atom. The van der Waals surface area contributed by atoms with Crippen LogP contribution < -0.4 is 9.64 Å². The standard InChI is InChI=1S/C25H21N3O3S2/c1-30-19-13-11-18(12-14-19)24-26-27-25(31-24)33-16-23(29)28-20-9-5-6-10-22(20)32-15-21(28)17-7-3-2-4-8-17/h2-14,21H,15-16H2,1H3/t21-/m0/s1. The van der Waals surface area contributed by atoms with Gasteiger partial charge in [-0.15, -0.1) is 22.0 Å². The fraction of sp³-hybridized carbons (Fsp3) is 0.160. The highest BCUT2D eigenvalue weighted by atomic mass is 32.2. The molecule has 0 saturated heterocycles. The van der Waals surface area contributed by atoms with E-state index in [2.05, 4.69) is 28.4 Å². The molecule has 2 heterocycles. The van der Waals surface area contributed by atoms with E-state index in [0.29, 0.717) is 11.1 Å². The van der Waals surface area contributed by atoms with E-state index >= 15 is 0 Å². The van der Waals surface area contributed by atoms with Crippen LogP contribution in [-0.4, -0.2) is 34.7 Å². The molecule has 33 heavy (non-hydrogen) atoms. The number of para-hydroxylation sites is 1. The summed E-state index contributed by atoms with van der Waals surface area (Å²) in [6.07, 6.45) is 0. The van der Waals surface area contributed by atoms with Crippen LogP contribution in [0, 0.1) is 0 Å². The van der Waals surface area contributed by atoms with E-state index in [4.69, 9.17) is 9.15 Å². The zero-order chi connectivity index (χ0) is 22.6. The third-order valence-corrected chi connectivity index (χ3v) is 7.29. The number of rotatable bonds is 6. The van der Waals surface area contributed by atoms with Gasteiger partial charge >= 0.3 is 0 Å². The number of thioether (sulfide) groups is 2. The SMILES string of the molecule is COc1ccc(-c2nnc(SCC(=O)N3c4ccccc4SC[C@H]3c3ccccc3)o2)cc1. The molecule has 0 aliphatic carbocycles. The Kier molecular flexibility index (Phi) is 6.37. The fourth-order valence-electron chi connectivity index (χ4n) is 3.73. The van der Waals surface area contributed by atoms with E-state index in [1.165, 1.54) is 11.8 Å². The number of fused-ring (bicyclic) bond motifs is 1. The summed E-state index contributed by atoms with van der Waals surface area (Å²) in [5.41, 5.74) is 2.86. The second-order valence-corrected chi connectivity index (χ2v) is 9.35. The summed E-state index contributed by atoms with van der Waals surface area (Å²) in [7, 11) is 1.62. The summed E-state index contributed by atoms with van der Waals surface area (Å²) in [5.74, 6) is 2.18. The Morgan fingerprint density at radius 2 is 1.82 bits per heavy atom. The molecule has 1 aliphatic rings. The lowest BCUT2D eigenvalue weighted by Gasteiger charge is -2.37. The zero-order valence-corrected chi connectivity index (χ0v) is 19.5. The number of aromatic nitrogens is 2. The van der Waals surface area contributed by atoms with Crippen LogP contribution in [0.5, 0.6) is 5.75 Å². The van der Waals surface area contributed by atoms with Crippen molar-refractivity contribution in [2.24, 2.45) is 0 Å². The van der Waals surface area contributed by atoms with Gasteiger partial charge in [0.25, 0.3) is 5.22 Å². The molecule has 0 saturated carbocycles. The van der Waals surface area contributed by atoms with Crippen LogP contribution >= 0.6 is 23.5 Å². The van der Waals surface area contributed by atoms with Crippen molar-refractivity contribution >= 4 is 35.1 Å². The predicted molar refractivity (Wildman–Crippen MR) is 131 cm³/mol. The fourth-order valence-corrected chi connectivity index (χ4v) is 5.52. The van der Waals surface area contributed by atoms with Gasteiger partial charge in [-0.05, 0) is 42.0 Å². The van der Waals surface area contributed by atoms with Gasteiger partial charge in [0.05, 0.1) is 24.6 Å². The number of nitrogens with zero attached hydrogens (tertiary/aromatic N) is 3. The summed E-state index contributed by atoms with van der Waals surface area (Å²) >= 11 is 3.03. The molecule has 0 unspecified atom stereocenters. The van der Waals surface area contributed by atoms with Gasteiger partial charge < -0.3 is 14.1 Å². The molecule has 166 valence electrons. The highest BCUT2D eigenvalue weighted by molar-refractivity contribution is 8.00. The molecule has 8 heteroatoms. The molecule has 1 atom stereocenters. The highest BCUT2D eigenvalue weighted by Crippen LogP contribution is 2.43. The minimum Gasteiger partial charge on any atom is -0.497 e. The van der Waals surface area contributed by atoms with E-state index in [1.54, 1.807) is 18.9 Å². The van der Waals surface area contributed by atoms with Crippen LogP contribution in [0.1, 0.15) is 11.6 Å². The summed E-state index contributed by atoms with van der Waals surface area (Å²) < 4.78 is 11.0. The minimum atomic E-state index is -0.0308. The molecular weight excluding hydrogens is 454 g/mol. The van der Waals surface area contributed by atoms with Crippen LogP contribution in [0.4, 0.5) is 5.69 Å². The van der Waals surface area contributed by atoms with Crippen LogP contribution in [0.3, 0.4) is 0 Å². The zero-order valence-electron chi connectivity index (χ0n) is 17.9. The maximum Gasteiger partial charge on any atom is 0.277 e. The first-order chi connectivity index (χ1) is 16.2. The minimum absolute atomic E-state index is 0.00537. The van der Waals surface area contributed by atoms with Crippen molar-refractivity contribution in [3.8, 4) is 17.2 Å². The van der Waals surface area contributed by atoms with Crippen molar-refractivity contribution < 1.29 is 13.9 Å². The normalized spacial score (nSPS) is 15.2. The summed E-state index contributed by atoms with van der Waals surface area (Å²) in [4.78, 5) is 16.5. The van der Waals surface area contributed by atoms with Gasteiger partial charge in [0, 0.05) is 16.2 Å². The predicted octanol–water partition coefficient (Wildman–Crippen LogP) is 5.72. The van der Waals surface area contributed by atoms with Crippen molar-refractivity contribution in [2.45, 2.75) is 16.2 Å². The number of carbonyl (C=O) groups is 1. The monoisotopic (exact) mass is 475 g/mol. The van der Waals surface area contributed by atoms with E-state index in [9.17, 15) is 4.79 Å². The molecule has 6 nitrogen and oxygen atoms in total. The van der Waals surface area contributed by atoms with Crippen LogP contribution in [0.25, 0.3) is 11.5 Å². The Hall–Kier alpha value is -3.23. The first-order valence-corrected chi connectivity index (χ1v) is 12.4. The third kappa shape index (κ3) is 4.62. The second kappa shape index (κ2) is 9.72. The van der Waals surface area contributed by atoms with Crippen LogP contribution in [-0.2, 0) is 4.79 Å². The first-order valence-electron chi connectivity index (χ1n) is 10.4. The molecule has 1 aromatic heterocycles. The third-order valence-electron chi connectivity index (χ3n) is 5.35. The average molecular weight is 476 g/mol. The van der Waals surface area contributed by atoms with Crippen molar-refractivity contribution in [1.82, 2.24) is 10.2 Å². The maximum absolute atomic E-state index is 13.5. The van der Waals surface area contributed by atoms with Gasteiger partial charge in [0.2, 0.25) is 11.8 Å². The van der Waals surface area contributed by atoms with Gasteiger partial charge in [-0.1, -0.05) is 54.2 Å². The lowest BCUT2D eigenvalue weighted by molar-refractivity contribution is -0.116. The highest BCUT2D eigenvalue weighted by Gasteiger charge is 2.32. The van der Waals surface area contributed by atoms with Gasteiger partial charge in [-0.3, -0.25) is 4.79 Å². The Labute approximate surface area is 200 Å². The van der Waals surface area contributed by atoms with Gasteiger partial charge in [0.15, 0.2) is 0 Å². The summed E-state index contributed by atoms with van der Waals surface area (Å²) in [6, 6.07) is 25.6. The number of hydrogen-bond acceptors (Lipinski definition) is 7. The van der Waals surface area contributed by atoms with Crippen molar-refractivity contribution in [2.75, 3.05) is 23.5 Å². The molecule has 3 aromatic carbocycles. The maximum atomic E-state index is 13.5. The Morgan fingerprint density at radius 1 is 1.06 bits per heavy atom. The topological polar surface area (TPSA) is 68.5 Å². The number of hydrogen-bond donors (Lipinski definition) is 0. The van der Waals surface area contributed by atoms with E-state index < -0.39 is 0 Å². The molecule has 5 rings (SSSR count). The molecular formula is C25H21N3O3S2. The average Bonchev–Trinajstić information content (AvgIpc) is 3.36. The molecule has 1 amide bonds. The molecule has 0 N–H and O–H groups in total. The van der Waals surface area contributed by atoms with Crippen molar-refractivity contribution in [1.29, 1.82) is 0 Å². The molecule has 0 bridgehead atoms. The number of carbonyl (C=O) groups excluding carboxylic acids is 1. The van der Waals surface area contributed by atoms with Crippen LogP contribution in [0.2, 0.25) is 0 Å². The molecule has 0 radical (unpaired) electrons. The van der Waals surface area contributed by atoms with E-state index in [0.717, 1.165) is 33.2 Å². The summed E-state index contributed by atoms with van der Waals surface area (Å²) in [5, 5.41) is 8.60. The quantitative estimate of drug-likeness (QED) is 0.331. The lowest BCUT2D eigenvalue weighted by atomic mass is 10.1. The van der Waals surface area contributed by atoms with E-state index in [-0.39, 0.29) is 17.7 Å². The molecule has 4 aromatic rings. The number of ether oxygens (including phenoxy) is 1. The smallest absolute Gasteiger partial charge is 0.277 e. The molecule has 0 spiro atoms. The number of anilines is 1. The number of methoxy groups -OCH3 is 1. The summed E-state index contributed by atoms with van der Waals surface area (Å²) in [6.45, 7) is 0. The lowest BCUT2D eigenvalue weighted by Crippen LogP contribution is -2.39. The van der Waals surface area contributed by atoms with E-state index in [1.807, 2.05) is 65.6 Å². The van der Waals surface area contributed by atoms with Gasteiger partial charge in [-0.2, -0.15) is 0 Å². The number of amides is 1. The van der Waals surface area contributed by atoms with Crippen molar-refractivity contribution in [3.05, 3.63) is 84.4 Å². The largest absolute Gasteiger partial charge is 0.497 e. The molecule has 0 fully saturated rings. The second-order valence-electron chi connectivity index (χ2n) is 7.36. The van der Waals surface area contributed by atoms with Crippen molar-refractivity contribution in [3.63, 3.8) is 0 Å².